The second kappa shape index (κ2) is 5.87. The first kappa shape index (κ1) is 12.9. The lowest BCUT2D eigenvalue weighted by molar-refractivity contribution is 0.456. The van der Waals surface area contributed by atoms with Crippen LogP contribution < -0.4 is 5.32 Å². The molecule has 2 aromatic heterocycles. The highest BCUT2D eigenvalue weighted by Crippen LogP contribution is 2.15. The van der Waals surface area contributed by atoms with Crippen molar-refractivity contribution in [2.45, 2.75) is 40.3 Å². The molecule has 0 aliphatic rings. The smallest absolute Gasteiger partial charge is 0.125 e. The second-order valence-electron chi connectivity index (χ2n) is 4.69. The zero-order chi connectivity index (χ0) is 13.0. The van der Waals surface area contributed by atoms with Gasteiger partial charge in [-0.15, -0.1) is 0 Å². The average Bonchev–Trinajstić information content (AvgIpc) is 2.87. The highest BCUT2D eigenvalue weighted by molar-refractivity contribution is 5.21. The van der Waals surface area contributed by atoms with Gasteiger partial charge in [-0.05, 0) is 38.4 Å². The topological polar surface area (TPSA) is 43.0 Å². The standard InChI is InChI=1S/C14H21N3O/c1-4-5-15-8-13-6-14(18-12(13)3)10-17-9-11(2)7-16-17/h6-7,9,15H,4-5,8,10H2,1-3H3. The molecule has 0 fully saturated rings. The zero-order valence-corrected chi connectivity index (χ0v) is 11.4. The van der Waals surface area contributed by atoms with Gasteiger partial charge in [-0.2, -0.15) is 5.10 Å². The Hall–Kier alpha value is -1.55. The molecule has 2 rings (SSSR count). The maximum atomic E-state index is 5.76. The van der Waals surface area contributed by atoms with Crippen molar-refractivity contribution < 1.29 is 4.42 Å². The van der Waals surface area contributed by atoms with E-state index in [0.717, 1.165) is 31.0 Å². The largest absolute Gasteiger partial charge is 0.464 e. The van der Waals surface area contributed by atoms with Crippen LogP contribution >= 0.6 is 0 Å². The zero-order valence-electron chi connectivity index (χ0n) is 11.4. The van der Waals surface area contributed by atoms with E-state index in [-0.39, 0.29) is 0 Å². The van der Waals surface area contributed by atoms with Crippen LogP contribution in [0.1, 0.15) is 36.0 Å². The summed E-state index contributed by atoms with van der Waals surface area (Å²) in [6.45, 7) is 8.83. The Bertz CT molecular complexity index is 499. The van der Waals surface area contributed by atoms with Gasteiger partial charge >= 0.3 is 0 Å². The van der Waals surface area contributed by atoms with Crippen LogP contribution in [0.3, 0.4) is 0 Å². The Morgan fingerprint density at radius 3 is 2.89 bits per heavy atom. The van der Waals surface area contributed by atoms with E-state index in [4.69, 9.17) is 4.42 Å². The van der Waals surface area contributed by atoms with E-state index in [2.05, 4.69) is 23.4 Å². The van der Waals surface area contributed by atoms with Crippen molar-refractivity contribution in [2.75, 3.05) is 6.54 Å². The van der Waals surface area contributed by atoms with Crippen molar-refractivity contribution in [3.8, 4) is 0 Å². The Balaban J connectivity index is 1.99. The van der Waals surface area contributed by atoms with Crippen LogP contribution in [0, 0.1) is 13.8 Å². The van der Waals surface area contributed by atoms with E-state index in [1.165, 1.54) is 11.1 Å². The van der Waals surface area contributed by atoms with E-state index in [9.17, 15) is 0 Å². The maximum Gasteiger partial charge on any atom is 0.125 e. The van der Waals surface area contributed by atoms with Crippen LogP contribution in [0.2, 0.25) is 0 Å². The predicted octanol–water partition coefficient (Wildman–Crippen LogP) is 2.64. The van der Waals surface area contributed by atoms with Gasteiger partial charge in [-0.25, -0.2) is 0 Å². The Kier molecular flexibility index (Phi) is 4.20. The molecule has 0 unspecified atom stereocenters. The number of aryl methyl sites for hydroxylation is 2. The minimum atomic E-state index is 0.697. The van der Waals surface area contributed by atoms with Crippen molar-refractivity contribution in [2.24, 2.45) is 0 Å². The normalized spacial score (nSPS) is 11.1. The minimum absolute atomic E-state index is 0.697. The van der Waals surface area contributed by atoms with Gasteiger partial charge in [0.1, 0.15) is 11.5 Å². The molecule has 1 N–H and O–H groups in total. The summed E-state index contributed by atoms with van der Waals surface area (Å²) < 4.78 is 7.66. The molecular weight excluding hydrogens is 226 g/mol. The fraction of sp³-hybridized carbons (Fsp3) is 0.500. The van der Waals surface area contributed by atoms with Crippen LogP contribution in [0.25, 0.3) is 0 Å². The molecule has 98 valence electrons. The van der Waals surface area contributed by atoms with Gasteiger partial charge in [0, 0.05) is 18.3 Å². The van der Waals surface area contributed by atoms with Crippen molar-refractivity contribution in [3.05, 3.63) is 41.1 Å². The summed E-state index contributed by atoms with van der Waals surface area (Å²) in [5.74, 6) is 1.96. The SMILES string of the molecule is CCCNCc1cc(Cn2cc(C)cn2)oc1C. The fourth-order valence-corrected chi connectivity index (χ4v) is 1.95. The molecule has 0 spiro atoms. The number of hydrogen-bond donors (Lipinski definition) is 1. The first-order chi connectivity index (χ1) is 8.69. The van der Waals surface area contributed by atoms with E-state index >= 15 is 0 Å². The molecule has 0 aromatic carbocycles. The first-order valence-corrected chi connectivity index (χ1v) is 6.47. The summed E-state index contributed by atoms with van der Waals surface area (Å²) in [5, 5.41) is 7.66. The van der Waals surface area contributed by atoms with Crippen molar-refractivity contribution >= 4 is 0 Å². The second-order valence-corrected chi connectivity index (χ2v) is 4.69. The van der Waals surface area contributed by atoms with E-state index in [1.54, 1.807) is 0 Å². The van der Waals surface area contributed by atoms with E-state index in [0.29, 0.717) is 6.54 Å². The molecule has 0 amide bonds. The van der Waals surface area contributed by atoms with E-state index < -0.39 is 0 Å². The van der Waals surface area contributed by atoms with Crippen LogP contribution in [0.4, 0.5) is 0 Å². The fourth-order valence-electron chi connectivity index (χ4n) is 1.95. The van der Waals surface area contributed by atoms with E-state index in [1.807, 2.05) is 30.9 Å². The molecule has 4 nitrogen and oxygen atoms in total. The van der Waals surface area contributed by atoms with Crippen molar-refractivity contribution in [1.82, 2.24) is 15.1 Å². The number of nitrogens with zero attached hydrogens (tertiary/aromatic N) is 2. The molecule has 4 heteroatoms. The van der Waals surface area contributed by atoms with Gasteiger partial charge in [0.05, 0.1) is 12.7 Å². The predicted molar refractivity (Wildman–Crippen MR) is 71.5 cm³/mol. The lowest BCUT2D eigenvalue weighted by Crippen LogP contribution is -2.13. The summed E-state index contributed by atoms with van der Waals surface area (Å²) in [5.41, 5.74) is 2.41. The molecule has 0 atom stereocenters. The Morgan fingerprint density at radius 1 is 1.39 bits per heavy atom. The molecule has 2 aromatic rings. The summed E-state index contributed by atoms with van der Waals surface area (Å²) in [4.78, 5) is 0. The van der Waals surface area contributed by atoms with Crippen molar-refractivity contribution in [1.29, 1.82) is 0 Å². The van der Waals surface area contributed by atoms with Gasteiger partial charge in [0.15, 0.2) is 0 Å². The van der Waals surface area contributed by atoms with Crippen molar-refractivity contribution in [3.63, 3.8) is 0 Å². The number of aromatic nitrogens is 2. The van der Waals surface area contributed by atoms with Gasteiger partial charge in [-0.1, -0.05) is 6.92 Å². The van der Waals surface area contributed by atoms with Gasteiger partial charge in [-0.3, -0.25) is 4.68 Å². The number of rotatable bonds is 6. The number of hydrogen-bond acceptors (Lipinski definition) is 3. The molecule has 2 heterocycles. The Morgan fingerprint density at radius 2 is 2.22 bits per heavy atom. The molecular formula is C14H21N3O. The van der Waals surface area contributed by atoms with Crippen LogP contribution in [-0.4, -0.2) is 16.3 Å². The lowest BCUT2D eigenvalue weighted by atomic mass is 10.2. The average molecular weight is 247 g/mol. The van der Waals surface area contributed by atoms with Gasteiger partial charge < -0.3 is 9.73 Å². The highest BCUT2D eigenvalue weighted by atomic mass is 16.3. The highest BCUT2D eigenvalue weighted by Gasteiger charge is 2.07. The third-order valence-corrected chi connectivity index (χ3v) is 2.89. The summed E-state index contributed by atoms with van der Waals surface area (Å²) >= 11 is 0. The molecule has 0 aliphatic heterocycles. The summed E-state index contributed by atoms with van der Waals surface area (Å²) in [7, 11) is 0. The van der Waals surface area contributed by atoms with Gasteiger partial charge in [0.25, 0.3) is 0 Å². The molecule has 0 saturated carbocycles. The van der Waals surface area contributed by atoms with Gasteiger partial charge in [0.2, 0.25) is 0 Å². The molecule has 18 heavy (non-hydrogen) atoms. The first-order valence-electron chi connectivity index (χ1n) is 6.47. The summed E-state index contributed by atoms with van der Waals surface area (Å²) in [6, 6.07) is 2.12. The maximum absolute atomic E-state index is 5.76. The monoisotopic (exact) mass is 247 g/mol. The van der Waals surface area contributed by atoms with Crippen LogP contribution in [0.15, 0.2) is 22.9 Å². The third kappa shape index (κ3) is 3.23. The Labute approximate surface area is 108 Å². The third-order valence-electron chi connectivity index (χ3n) is 2.89. The van der Waals surface area contributed by atoms with Crippen LogP contribution in [-0.2, 0) is 13.1 Å². The summed E-state index contributed by atoms with van der Waals surface area (Å²) in [6.07, 6.45) is 5.03. The molecule has 0 bridgehead atoms. The molecule has 0 aliphatic carbocycles. The number of nitrogens with one attached hydrogen (secondary N) is 1. The lowest BCUT2D eigenvalue weighted by Gasteiger charge is -1.99. The quantitative estimate of drug-likeness (QED) is 0.798. The number of furan rings is 1. The molecule has 0 saturated heterocycles. The van der Waals surface area contributed by atoms with Crippen LogP contribution in [0.5, 0.6) is 0 Å². The minimum Gasteiger partial charge on any atom is -0.464 e. The molecule has 0 radical (unpaired) electrons.